The van der Waals surface area contributed by atoms with Gasteiger partial charge in [-0.2, -0.15) is 0 Å². The maximum absolute atomic E-state index is 10.5. The van der Waals surface area contributed by atoms with Crippen molar-refractivity contribution in [3.8, 4) is 0 Å². The molecule has 9 heavy (non-hydrogen) atoms. The summed E-state index contributed by atoms with van der Waals surface area (Å²) >= 11 is 10.3. The lowest BCUT2D eigenvalue weighted by molar-refractivity contribution is 0.135. The predicted molar refractivity (Wildman–Crippen MR) is 40.1 cm³/mol. The normalized spacial score (nSPS) is 12.6. The first kappa shape index (κ1) is 9.77. The van der Waals surface area contributed by atoms with Gasteiger partial charge in [0.05, 0.1) is 6.10 Å². The Bertz CT molecular complexity index is 120. The zero-order valence-electron chi connectivity index (χ0n) is 5.01. The minimum absolute atomic E-state index is 0.124. The molecule has 1 radical (unpaired) electrons. The average molecular weight is 190 g/mol. The van der Waals surface area contributed by atoms with Crippen molar-refractivity contribution in [1.82, 2.24) is 0 Å². The van der Waals surface area contributed by atoms with Crippen molar-refractivity contribution in [3.05, 3.63) is 6.92 Å². The van der Waals surface area contributed by atoms with Crippen LogP contribution in [0, 0.1) is 6.92 Å². The summed E-state index contributed by atoms with van der Waals surface area (Å²) in [4.78, 5) is 0. The van der Waals surface area contributed by atoms with Gasteiger partial charge in [0.2, 0.25) is 0 Å². The second-order valence-corrected chi connectivity index (χ2v) is 6.87. The van der Waals surface area contributed by atoms with Crippen molar-refractivity contribution >= 4 is 28.3 Å². The van der Waals surface area contributed by atoms with Gasteiger partial charge in [-0.25, -0.2) is 0 Å². The molecule has 0 heterocycles. The highest BCUT2D eigenvalue weighted by molar-refractivity contribution is 8.08. The van der Waals surface area contributed by atoms with Crippen LogP contribution in [0.2, 0.25) is 0 Å². The van der Waals surface area contributed by atoms with E-state index >= 15 is 0 Å². The topological polar surface area (TPSA) is 26.3 Å². The molecule has 0 rings (SSSR count). The van der Waals surface area contributed by atoms with Gasteiger partial charge < -0.3 is 4.74 Å². The molecule has 0 N–H and O–H groups in total. The third kappa shape index (κ3) is 8.77. The van der Waals surface area contributed by atoms with Gasteiger partial charge in [-0.05, 0) is 36.3 Å². The molecule has 0 aliphatic carbocycles. The molecule has 5 heteroatoms. The van der Waals surface area contributed by atoms with Crippen molar-refractivity contribution in [2.24, 2.45) is 0 Å². The molecule has 0 saturated heterocycles. The molecule has 0 spiro atoms. The second kappa shape index (κ2) is 3.82. The van der Waals surface area contributed by atoms with Crippen LogP contribution >= 0.6 is 28.3 Å². The molecule has 0 aliphatic heterocycles. The molecule has 0 bridgehead atoms. The van der Waals surface area contributed by atoms with E-state index in [0.717, 1.165) is 0 Å². The molecule has 1 unspecified atom stereocenters. The third-order valence-corrected chi connectivity index (χ3v) is 1.54. The van der Waals surface area contributed by atoms with Gasteiger partial charge >= 0.3 is 0 Å². The molecule has 55 valence electrons. The van der Waals surface area contributed by atoms with Crippen LogP contribution in [-0.2, 0) is 9.30 Å². The first-order valence-corrected chi connectivity index (χ1v) is 6.05. The van der Waals surface area contributed by atoms with E-state index in [1.54, 1.807) is 6.92 Å². The summed E-state index contributed by atoms with van der Waals surface area (Å²) in [7, 11) is 0. The van der Waals surface area contributed by atoms with E-state index in [2.05, 4.69) is 6.92 Å². The lowest BCUT2D eigenvalue weighted by Crippen LogP contribution is -2.01. The number of rotatable bonds is 3. The highest BCUT2D eigenvalue weighted by atomic mass is 35.9. The molecule has 0 aromatic heterocycles. The first-order valence-electron chi connectivity index (χ1n) is 2.35. The number of hydrogen-bond acceptors (Lipinski definition) is 2. The van der Waals surface area contributed by atoms with Crippen LogP contribution in [0.15, 0.2) is 0 Å². The Balaban J connectivity index is 3.40. The van der Waals surface area contributed by atoms with E-state index in [0.29, 0.717) is 0 Å². The second-order valence-electron chi connectivity index (χ2n) is 1.68. The number of ether oxygens (including phenoxy) is 1. The van der Waals surface area contributed by atoms with E-state index < -0.39 is 5.85 Å². The lowest BCUT2D eigenvalue weighted by atomic mass is 10.5. The number of halogens is 2. The van der Waals surface area contributed by atoms with Crippen LogP contribution in [0.5, 0.6) is 0 Å². The van der Waals surface area contributed by atoms with Crippen LogP contribution in [0.25, 0.3) is 0 Å². The minimum Gasteiger partial charge on any atom is -0.368 e. The van der Waals surface area contributed by atoms with Gasteiger partial charge in [-0.1, -0.05) is 0 Å². The molecular weight excluding hydrogens is 182 g/mol. The summed E-state index contributed by atoms with van der Waals surface area (Å²) in [6.07, 6.45) is -0.350. The average Bonchev–Trinajstić information content (AvgIpc) is 1.59. The van der Waals surface area contributed by atoms with Gasteiger partial charge in [-0.3, -0.25) is 4.57 Å². The van der Waals surface area contributed by atoms with Crippen LogP contribution in [0.3, 0.4) is 0 Å². The summed E-state index contributed by atoms with van der Waals surface area (Å²) in [5.41, 5.74) is 0. The zero-order valence-corrected chi connectivity index (χ0v) is 7.42. The van der Waals surface area contributed by atoms with E-state index in [9.17, 15) is 4.57 Å². The molecule has 0 fully saturated rings. The maximum atomic E-state index is 10.5. The summed E-state index contributed by atoms with van der Waals surface area (Å²) in [6, 6.07) is 0. The summed E-state index contributed by atoms with van der Waals surface area (Å²) in [5, 5.41) is 0. The van der Waals surface area contributed by atoms with E-state index in [-0.39, 0.29) is 12.5 Å². The Morgan fingerprint density at radius 3 is 2.33 bits per heavy atom. The summed E-state index contributed by atoms with van der Waals surface area (Å²) in [6.45, 7) is 5.19. The molecule has 0 amide bonds. The van der Waals surface area contributed by atoms with Crippen molar-refractivity contribution in [2.45, 2.75) is 13.0 Å². The highest BCUT2D eigenvalue weighted by Gasteiger charge is 2.13. The van der Waals surface area contributed by atoms with Gasteiger partial charge in [0.1, 0.15) is 6.35 Å². The number of hydrogen-bond donors (Lipinski definition) is 0. The molecule has 1 atom stereocenters. The van der Waals surface area contributed by atoms with Crippen LogP contribution in [0.1, 0.15) is 6.92 Å². The van der Waals surface area contributed by atoms with Crippen molar-refractivity contribution < 1.29 is 9.30 Å². The Morgan fingerprint density at radius 1 is 1.78 bits per heavy atom. The fraction of sp³-hybridized carbons (Fsp3) is 0.750. The summed E-state index contributed by atoms with van der Waals surface area (Å²) < 4.78 is 15.3. The van der Waals surface area contributed by atoms with Crippen molar-refractivity contribution in [3.63, 3.8) is 0 Å². The lowest BCUT2D eigenvalue weighted by Gasteiger charge is -2.06. The van der Waals surface area contributed by atoms with Gasteiger partial charge in [0, 0.05) is 0 Å². The standard InChI is InChI=1S/C4H8Cl2O2P/c1-4(2)8-3-9(5,6)7/h4H,1,3H2,2H3. The fourth-order valence-corrected chi connectivity index (χ4v) is 0.980. The molecule has 2 nitrogen and oxygen atoms in total. The highest BCUT2D eigenvalue weighted by Crippen LogP contribution is 2.56. The smallest absolute Gasteiger partial charge is 0.277 e. The van der Waals surface area contributed by atoms with Crippen molar-refractivity contribution in [2.75, 3.05) is 6.35 Å². The minimum atomic E-state index is -3.04. The van der Waals surface area contributed by atoms with E-state index in [4.69, 9.17) is 27.2 Å². The van der Waals surface area contributed by atoms with Gasteiger partial charge in [0.15, 0.2) is 0 Å². The largest absolute Gasteiger partial charge is 0.368 e. The van der Waals surface area contributed by atoms with Gasteiger partial charge in [-0.15, -0.1) is 0 Å². The SMILES string of the molecule is [CH2]C(C)OCP(=O)(Cl)Cl. The Hall–Kier alpha value is 0.770. The maximum Gasteiger partial charge on any atom is 0.277 e. The first-order chi connectivity index (χ1) is 3.92. The van der Waals surface area contributed by atoms with E-state index in [1.165, 1.54) is 0 Å². The van der Waals surface area contributed by atoms with Crippen LogP contribution < -0.4 is 0 Å². The Kier molecular flexibility index (Phi) is 4.15. The molecular formula is C4H8Cl2O2P. The molecule has 0 aromatic carbocycles. The molecule has 0 aromatic rings. The van der Waals surface area contributed by atoms with Crippen molar-refractivity contribution in [1.29, 1.82) is 0 Å². The van der Waals surface area contributed by atoms with Crippen LogP contribution in [-0.4, -0.2) is 12.5 Å². The third-order valence-electron chi connectivity index (χ3n) is 0.509. The molecule has 0 aliphatic rings. The predicted octanol–water partition coefficient (Wildman–Crippen LogP) is 2.85. The molecule has 0 saturated carbocycles. The van der Waals surface area contributed by atoms with Gasteiger partial charge in [0.25, 0.3) is 5.85 Å². The van der Waals surface area contributed by atoms with Crippen LogP contribution in [0.4, 0.5) is 0 Å². The Labute approximate surface area is 64.4 Å². The Morgan fingerprint density at radius 2 is 2.22 bits per heavy atom. The zero-order chi connectivity index (χ0) is 7.49. The van der Waals surface area contributed by atoms with E-state index in [1.807, 2.05) is 0 Å². The quantitative estimate of drug-likeness (QED) is 0.639. The fourth-order valence-electron chi connectivity index (χ4n) is 0.214. The monoisotopic (exact) mass is 189 g/mol. The summed E-state index contributed by atoms with van der Waals surface area (Å²) in [5.74, 6) is -3.04.